The molecule has 196 valence electrons. The summed E-state index contributed by atoms with van der Waals surface area (Å²) in [5.74, 6) is -0.161. The Morgan fingerprint density at radius 2 is 1.68 bits per heavy atom. The molecule has 2 heterocycles. The Balaban J connectivity index is 1.56. The molecule has 0 saturated carbocycles. The lowest BCUT2D eigenvalue weighted by Crippen LogP contribution is -2.50. The number of carbonyl (C=O) groups excluding carboxylic acids is 2. The summed E-state index contributed by atoms with van der Waals surface area (Å²) in [6.45, 7) is 7.12. The average Bonchev–Trinajstić information content (AvgIpc) is 3.31. The highest BCUT2D eigenvalue weighted by Crippen LogP contribution is 2.41. The fraction of sp³-hybridized carbons (Fsp3) is 0.323. The summed E-state index contributed by atoms with van der Waals surface area (Å²) >= 11 is 0. The van der Waals surface area contributed by atoms with Crippen molar-refractivity contribution in [3.63, 3.8) is 0 Å². The Labute approximate surface area is 223 Å². The second-order valence-electron chi connectivity index (χ2n) is 9.96. The Kier molecular flexibility index (Phi) is 7.45. The molecule has 3 aromatic carbocycles. The van der Waals surface area contributed by atoms with Gasteiger partial charge in [0.15, 0.2) is 5.92 Å². The van der Waals surface area contributed by atoms with Crippen LogP contribution in [0.3, 0.4) is 0 Å². The molecule has 0 fully saturated rings. The molecule has 7 heteroatoms. The Bertz CT molecular complexity index is 1410. The van der Waals surface area contributed by atoms with Crippen LogP contribution >= 0.6 is 0 Å². The van der Waals surface area contributed by atoms with Crippen molar-refractivity contribution in [1.29, 1.82) is 0 Å². The molecule has 1 aliphatic rings. The van der Waals surface area contributed by atoms with Crippen molar-refractivity contribution in [3.8, 4) is 5.75 Å². The highest BCUT2D eigenvalue weighted by molar-refractivity contribution is 6.08. The first-order chi connectivity index (χ1) is 18.5. The van der Waals surface area contributed by atoms with Gasteiger partial charge in [-0.2, -0.15) is 0 Å². The number of nitrogens with zero attached hydrogens (tertiary/aromatic N) is 3. The van der Waals surface area contributed by atoms with Crippen LogP contribution < -0.4 is 9.64 Å². The predicted octanol–water partition coefficient (Wildman–Crippen LogP) is 5.78. The lowest BCUT2D eigenvalue weighted by Gasteiger charge is -2.38. The van der Waals surface area contributed by atoms with Crippen LogP contribution in [0.15, 0.2) is 78.9 Å². The van der Waals surface area contributed by atoms with Crippen molar-refractivity contribution in [2.24, 2.45) is 11.8 Å². The van der Waals surface area contributed by atoms with Crippen LogP contribution in [-0.4, -0.2) is 34.6 Å². The number of fused-ring (bicyclic) bond motifs is 3. The monoisotopic (exact) mass is 511 g/mol. The zero-order chi connectivity index (χ0) is 26.6. The number of para-hydroxylation sites is 2. The minimum atomic E-state index is -1.02. The molecule has 38 heavy (non-hydrogen) atoms. The number of imidazole rings is 1. The molecule has 0 spiro atoms. The lowest BCUT2D eigenvalue weighted by molar-refractivity contribution is -0.153. The summed E-state index contributed by atoms with van der Waals surface area (Å²) in [6.07, 6.45) is 0.794. The summed E-state index contributed by atoms with van der Waals surface area (Å²) in [7, 11) is 0. The number of benzene rings is 3. The molecule has 5 rings (SSSR count). The fourth-order valence-electron chi connectivity index (χ4n) is 4.95. The molecular formula is C31H33N3O4. The first-order valence-electron chi connectivity index (χ1n) is 13.2. The van der Waals surface area contributed by atoms with E-state index in [9.17, 15) is 9.59 Å². The highest BCUT2D eigenvalue weighted by atomic mass is 16.5. The molecule has 0 bridgehead atoms. The van der Waals surface area contributed by atoms with Crippen LogP contribution in [0.5, 0.6) is 5.75 Å². The van der Waals surface area contributed by atoms with Gasteiger partial charge in [0.05, 0.1) is 23.7 Å². The minimum absolute atomic E-state index is 0.200. The van der Waals surface area contributed by atoms with Gasteiger partial charge < -0.3 is 14.0 Å². The van der Waals surface area contributed by atoms with Gasteiger partial charge in [-0.25, -0.2) is 4.98 Å². The zero-order valence-corrected chi connectivity index (χ0v) is 22.0. The number of hydrogen-bond donors (Lipinski definition) is 0. The van der Waals surface area contributed by atoms with E-state index in [0.29, 0.717) is 30.8 Å². The van der Waals surface area contributed by atoms with E-state index in [0.717, 1.165) is 28.6 Å². The molecule has 4 aromatic rings. The number of carbonyl (C=O) groups is 2. The number of rotatable bonds is 9. The molecule has 0 aliphatic carbocycles. The minimum Gasteiger partial charge on any atom is -0.489 e. The third-order valence-electron chi connectivity index (χ3n) is 6.89. The number of anilines is 1. The SMILES string of the molecule is CCOC(=O)[C@H]1C(=O)N(CCC(C)C)c2nc3ccccc3n2[C@H]1c1ccc(OCc2ccccc2)cc1. The van der Waals surface area contributed by atoms with E-state index in [1.165, 1.54) is 0 Å². The maximum absolute atomic E-state index is 14.0. The first kappa shape index (κ1) is 25.5. The maximum Gasteiger partial charge on any atom is 0.321 e. The van der Waals surface area contributed by atoms with Gasteiger partial charge in [-0.15, -0.1) is 0 Å². The van der Waals surface area contributed by atoms with Crippen molar-refractivity contribution in [3.05, 3.63) is 90.0 Å². The number of esters is 1. The normalized spacial score (nSPS) is 17.1. The summed E-state index contributed by atoms with van der Waals surface area (Å²) in [6, 6.07) is 24.8. The van der Waals surface area contributed by atoms with Crippen LogP contribution in [0.2, 0.25) is 0 Å². The summed E-state index contributed by atoms with van der Waals surface area (Å²) < 4.78 is 13.5. The van der Waals surface area contributed by atoms with Crippen LogP contribution in [0, 0.1) is 11.8 Å². The molecule has 0 unspecified atom stereocenters. The van der Waals surface area contributed by atoms with E-state index < -0.39 is 17.9 Å². The Morgan fingerprint density at radius 1 is 0.974 bits per heavy atom. The van der Waals surface area contributed by atoms with Crippen molar-refractivity contribution in [2.75, 3.05) is 18.1 Å². The molecule has 0 N–H and O–H groups in total. The number of hydrogen-bond acceptors (Lipinski definition) is 5. The summed E-state index contributed by atoms with van der Waals surface area (Å²) in [5, 5.41) is 0. The molecule has 1 aliphatic heterocycles. The smallest absolute Gasteiger partial charge is 0.321 e. The lowest BCUT2D eigenvalue weighted by atomic mass is 9.89. The number of aromatic nitrogens is 2. The quantitative estimate of drug-likeness (QED) is 0.210. The van der Waals surface area contributed by atoms with Gasteiger partial charge in [-0.1, -0.05) is 68.4 Å². The molecule has 1 aromatic heterocycles. The van der Waals surface area contributed by atoms with E-state index >= 15 is 0 Å². The molecular weight excluding hydrogens is 478 g/mol. The molecule has 7 nitrogen and oxygen atoms in total. The zero-order valence-electron chi connectivity index (χ0n) is 22.0. The molecule has 0 radical (unpaired) electrons. The Morgan fingerprint density at radius 3 is 2.39 bits per heavy atom. The summed E-state index contributed by atoms with van der Waals surface area (Å²) in [4.78, 5) is 33.8. The molecule has 0 saturated heterocycles. The van der Waals surface area contributed by atoms with Gasteiger partial charge in [0.25, 0.3) is 0 Å². The fourth-order valence-corrected chi connectivity index (χ4v) is 4.95. The van der Waals surface area contributed by atoms with Crippen molar-refractivity contribution >= 4 is 28.9 Å². The summed E-state index contributed by atoms with van der Waals surface area (Å²) in [5.41, 5.74) is 3.54. The van der Waals surface area contributed by atoms with Crippen molar-refractivity contribution in [2.45, 2.75) is 39.8 Å². The second kappa shape index (κ2) is 11.1. The van der Waals surface area contributed by atoms with Crippen molar-refractivity contribution in [1.82, 2.24) is 9.55 Å². The Hall–Kier alpha value is -4.13. The van der Waals surface area contributed by atoms with Gasteiger partial charge in [-0.05, 0) is 54.7 Å². The molecule has 2 atom stereocenters. The molecule has 1 amide bonds. The number of amides is 1. The maximum atomic E-state index is 14.0. The third-order valence-corrected chi connectivity index (χ3v) is 6.89. The van der Waals surface area contributed by atoms with E-state index in [2.05, 4.69) is 13.8 Å². The van der Waals surface area contributed by atoms with E-state index in [1.807, 2.05) is 83.4 Å². The topological polar surface area (TPSA) is 73.7 Å². The van der Waals surface area contributed by atoms with Crippen LogP contribution in [-0.2, 0) is 20.9 Å². The third kappa shape index (κ3) is 5.01. The second-order valence-corrected chi connectivity index (χ2v) is 9.96. The van der Waals surface area contributed by atoms with E-state index in [1.54, 1.807) is 11.8 Å². The van der Waals surface area contributed by atoms with Gasteiger partial charge >= 0.3 is 5.97 Å². The largest absolute Gasteiger partial charge is 0.489 e. The van der Waals surface area contributed by atoms with Gasteiger partial charge in [0, 0.05) is 6.54 Å². The number of ether oxygens (including phenoxy) is 2. The van der Waals surface area contributed by atoms with Crippen LogP contribution in [0.4, 0.5) is 5.95 Å². The van der Waals surface area contributed by atoms with Gasteiger partial charge in [0.1, 0.15) is 12.4 Å². The standard InChI is InChI=1S/C31H33N3O4/c1-4-37-30(36)27-28(23-14-16-24(17-15-23)38-20-22-10-6-5-7-11-22)34-26-13-9-8-12-25(26)32-31(34)33(29(27)35)19-18-21(2)3/h5-17,21,27-28H,4,18-20H2,1-3H3/t27-,28+/m1/s1. The first-order valence-corrected chi connectivity index (χ1v) is 13.2. The average molecular weight is 512 g/mol. The van der Waals surface area contributed by atoms with Gasteiger partial charge in [-0.3, -0.25) is 14.5 Å². The van der Waals surface area contributed by atoms with Crippen molar-refractivity contribution < 1.29 is 19.1 Å². The van der Waals surface area contributed by atoms with Crippen LogP contribution in [0.1, 0.15) is 44.4 Å². The van der Waals surface area contributed by atoms with E-state index in [-0.39, 0.29) is 12.5 Å². The predicted molar refractivity (Wildman–Crippen MR) is 147 cm³/mol. The highest BCUT2D eigenvalue weighted by Gasteiger charge is 2.47. The van der Waals surface area contributed by atoms with Crippen LogP contribution in [0.25, 0.3) is 11.0 Å². The van der Waals surface area contributed by atoms with Gasteiger partial charge in [0.2, 0.25) is 11.9 Å². The van der Waals surface area contributed by atoms with E-state index in [4.69, 9.17) is 14.5 Å².